The van der Waals surface area contributed by atoms with Gasteiger partial charge in [-0.15, -0.1) is 23.1 Å². The number of amides is 2. The molecule has 2 aromatic carbocycles. The van der Waals surface area contributed by atoms with Gasteiger partial charge in [-0.3, -0.25) is 9.59 Å². The van der Waals surface area contributed by atoms with Gasteiger partial charge in [0.15, 0.2) is 0 Å². The number of benzene rings is 2. The summed E-state index contributed by atoms with van der Waals surface area (Å²) in [6.45, 7) is 2.12. The molecule has 0 aliphatic carbocycles. The van der Waals surface area contributed by atoms with Crippen molar-refractivity contribution in [3.8, 4) is 0 Å². The average Bonchev–Trinajstić information content (AvgIpc) is 3.18. The number of imide groups is 1. The third kappa shape index (κ3) is 3.78. The van der Waals surface area contributed by atoms with Gasteiger partial charge in [-0.2, -0.15) is 0 Å². The van der Waals surface area contributed by atoms with Gasteiger partial charge in [-0.1, -0.05) is 36.4 Å². The number of anilines is 1. The van der Waals surface area contributed by atoms with Crippen molar-refractivity contribution >= 4 is 46.6 Å². The molecule has 4 rings (SSSR count). The molecule has 30 heavy (non-hydrogen) atoms. The monoisotopic (exact) mass is 437 g/mol. The molecule has 3 aromatic rings. The standard InChI is InChI=1S/C23H19NO4S2/c1-14(15-7-4-3-5-8-15)30-17-10-6-9-16(11-17)24-20(25)12-19-21(22(24)26)18(13-29-19)23(27)28-2/h3-11,13-14H,12H2,1-2H3. The number of nitrogens with zero attached hydrogens (tertiary/aromatic N) is 1. The molecule has 2 amide bonds. The van der Waals surface area contributed by atoms with E-state index in [0.717, 1.165) is 4.90 Å². The van der Waals surface area contributed by atoms with Gasteiger partial charge in [0.2, 0.25) is 5.91 Å². The SMILES string of the molecule is COC(=O)c1csc2c1C(=O)N(c1cccc(SC(C)c3ccccc3)c1)C(=O)C2. The molecule has 0 saturated heterocycles. The Kier molecular flexibility index (Phi) is 5.74. The molecule has 1 aliphatic heterocycles. The maximum Gasteiger partial charge on any atom is 0.339 e. The highest BCUT2D eigenvalue weighted by Crippen LogP contribution is 2.38. The Labute approximate surface area is 182 Å². The molecule has 0 spiro atoms. The summed E-state index contributed by atoms with van der Waals surface area (Å²) in [6, 6.07) is 17.5. The van der Waals surface area contributed by atoms with E-state index >= 15 is 0 Å². The van der Waals surface area contributed by atoms with E-state index in [1.165, 1.54) is 28.9 Å². The van der Waals surface area contributed by atoms with Gasteiger partial charge < -0.3 is 4.74 Å². The summed E-state index contributed by atoms with van der Waals surface area (Å²) in [5.41, 5.74) is 2.18. The Hall–Kier alpha value is -2.90. The van der Waals surface area contributed by atoms with Crippen LogP contribution in [0, 0.1) is 0 Å². The van der Waals surface area contributed by atoms with Crippen molar-refractivity contribution in [2.75, 3.05) is 12.0 Å². The number of fused-ring (bicyclic) bond motifs is 1. The van der Waals surface area contributed by atoms with Crippen LogP contribution < -0.4 is 4.90 Å². The van der Waals surface area contributed by atoms with Gasteiger partial charge in [0.1, 0.15) is 0 Å². The summed E-state index contributed by atoms with van der Waals surface area (Å²) in [5.74, 6) is -1.36. The molecule has 2 heterocycles. The molecule has 0 bridgehead atoms. The summed E-state index contributed by atoms with van der Waals surface area (Å²) >= 11 is 2.89. The number of hydrogen-bond acceptors (Lipinski definition) is 6. The lowest BCUT2D eigenvalue weighted by Gasteiger charge is -2.26. The molecule has 1 aliphatic rings. The molecule has 1 aromatic heterocycles. The minimum atomic E-state index is -0.573. The number of rotatable bonds is 5. The van der Waals surface area contributed by atoms with Crippen LogP contribution in [0.4, 0.5) is 5.69 Å². The van der Waals surface area contributed by atoms with E-state index in [1.54, 1.807) is 23.2 Å². The van der Waals surface area contributed by atoms with Crippen molar-refractivity contribution in [2.24, 2.45) is 0 Å². The van der Waals surface area contributed by atoms with Crippen LogP contribution in [-0.4, -0.2) is 24.9 Å². The lowest BCUT2D eigenvalue weighted by molar-refractivity contribution is -0.117. The Morgan fingerprint density at radius 1 is 1.13 bits per heavy atom. The van der Waals surface area contributed by atoms with Crippen molar-refractivity contribution in [1.29, 1.82) is 0 Å². The van der Waals surface area contributed by atoms with Crippen LogP contribution in [0.1, 0.15) is 43.3 Å². The number of hydrogen-bond donors (Lipinski definition) is 0. The minimum Gasteiger partial charge on any atom is -0.465 e. The van der Waals surface area contributed by atoms with E-state index in [0.29, 0.717) is 10.6 Å². The number of thiophene rings is 1. The molecule has 0 fully saturated rings. The van der Waals surface area contributed by atoms with Crippen molar-refractivity contribution in [2.45, 2.75) is 23.5 Å². The van der Waals surface area contributed by atoms with E-state index in [9.17, 15) is 14.4 Å². The molecule has 0 saturated carbocycles. The number of esters is 1. The Balaban J connectivity index is 1.64. The smallest absolute Gasteiger partial charge is 0.339 e. The van der Waals surface area contributed by atoms with Gasteiger partial charge in [-0.05, 0) is 30.7 Å². The molecular weight excluding hydrogens is 418 g/mol. The van der Waals surface area contributed by atoms with E-state index in [1.807, 2.05) is 36.4 Å². The van der Waals surface area contributed by atoms with E-state index < -0.39 is 11.9 Å². The molecule has 0 radical (unpaired) electrons. The maximum absolute atomic E-state index is 13.2. The van der Waals surface area contributed by atoms with Crippen LogP contribution in [0.3, 0.4) is 0 Å². The molecule has 1 atom stereocenters. The second-order valence-electron chi connectivity index (χ2n) is 6.82. The van der Waals surface area contributed by atoms with Crippen LogP contribution in [0.15, 0.2) is 64.9 Å². The zero-order valence-electron chi connectivity index (χ0n) is 16.5. The van der Waals surface area contributed by atoms with Gasteiger partial charge in [0.05, 0.1) is 30.3 Å². The van der Waals surface area contributed by atoms with E-state index in [2.05, 4.69) is 19.1 Å². The summed E-state index contributed by atoms with van der Waals surface area (Å²) in [5, 5.41) is 1.79. The Bertz CT molecular complexity index is 1120. The van der Waals surface area contributed by atoms with Gasteiger partial charge in [0, 0.05) is 20.4 Å². The van der Waals surface area contributed by atoms with Gasteiger partial charge in [0.25, 0.3) is 5.91 Å². The number of ether oxygens (including phenoxy) is 1. The number of carbonyl (C=O) groups is 3. The van der Waals surface area contributed by atoms with Crippen molar-refractivity contribution in [1.82, 2.24) is 0 Å². The van der Waals surface area contributed by atoms with Crippen LogP contribution in [-0.2, 0) is 16.0 Å². The Morgan fingerprint density at radius 3 is 2.63 bits per heavy atom. The summed E-state index contributed by atoms with van der Waals surface area (Å²) in [6.07, 6.45) is 0.0839. The number of carbonyl (C=O) groups excluding carboxylic acids is 3. The predicted octanol–water partition coefficient (Wildman–Crippen LogP) is 5.12. The molecule has 152 valence electrons. The van der Waals surface area contributed by atoms with Crippen molar-refractivity contribution < 1.29 is 19.1 Å². The van der Waals surface area contributed by atoms with Gasteiger partial charge in [-0.25, -0.2) is 9.69 Å². The first kappa shape index (κ1) is 20.4. The van der Waals surface area contributed by atoms with E-state index in [-0.39, 0.29) is 28.7 Å². The second kappa shape index (κ2) is 8.45. The highest BCUT2D eigenvalue weighted by atomic mass is 32.2. The quantitative estimate of drug-likeness (QED) is 0.315. The number of thioether (sulfide) groups is 1. The molecule has 5 nitrogen and oxygen atoms in total. The highest BCUT2D eigenvalue weighted by Gasteiger charge is 2.37. The minimum absolute atomic E-state index is 0.0839. The van der Waals surface area contributed by atoms with Crippen LogP contribution in [0.2, 0.25) is 0 Å². The number of methoxy groups -OCH3 is 1. The highest BCUT2D eigenvalue weighted by molar-refractivity contribution is 7.99. The summed E-state index contributed by atoms with van der Waals surface area (Å²) in [7, 11) is 1.28. The van der Waals surface area contributed by atoms with E-state index in [4.69, 9.17) is 4.74 Å². The maximum atomic E-state index is 13.2. The summed E-state index contributed by atoms with van der Waals surface area (Å²) < 4.78 is 4.79. The third-order valence-electron chi connectivity index (χ3n) is 4.91. The zero-order valence-corrected chi connectivity index (χ0v) is 18.1. The second-order valence-corrected chi connectivity index (χ2v) is 9.20. The molecular formula is C23H19NO4S2. The fourth-order valence-corrected chi connectivity index (χ4v) is 5.46. The predicted molar refractivity (Wildman–Crippen MR) is 118 cm³/mol. The third-order valence-corrected chi connectivity index (χ3v) is 7.05. The lowest BCUT2D eigenvalue weighted by atomic mass is 10.0. The average molecular weight is 438 g/mol. The zero-order chi connectivity index (χ0) is 21.3. The first-order valence-electron chi connectivity index (χ1n) is 9.37. The fraction of sp³-hybridized carbons (Fsp3) is 0.174. The van der Waals surface area contributed by atoms with Crippen molar-refractivity contribution in [3.63, 3.8) is 0 Å². The topological polar surface area (TPSA) is 63.7 Å². The molecule has 7 heteroatoms. The normalized spacial score (nSPS) is 14.4. The van der Waals surface area contributed by atoms with Crippen LogP contribution >= 0.6 is 23.1 Å². The summed E-state index contributed by atoms with van der Waals surface area (Å²) in [4.78, 5) is 40.7. The van der Waals surface area contributed by atoms with Crippen molar-refractivity contribution in [3.05, 3.63) is 81.5 Å². The molecule has 1 unspecified atom stereocenters. The van der Waals surface area contributed by atoms with Crippen LogP contribution in [0.25, 0.3) is 0 Å². The molecule has 0 N–H and O–H groups in total. The fourth-order valence-electron chi connectivity index (χ4n) is 3.42. The van der Waals surface area contributed by atoms with Gasteiger partial charge >= 0.3 is 5.97 Å². The Morgan fingerprint density at radius 2 is 1.90 bits per heavy atom. The lowest BCUT2D eigenvalue weighted by Crippen LogP contribution is -2.42. The first-order chi connectivity index (χ1) is 14.5. The first-order valence-corrected chi connectivity index (χ1v) is 11.1. The largest absolute Gasteiger partial charge is 0.465 e. The van der Waals surface area contributed by atoms with Crippen LogP contribution in [0.5, 0.6) is 0 Å².